The third-order valence-electron chi connectivity index (χ3n) is 4.94. The third kappa shape index (κ3) is 7.83. The molecule has 214 valence electrons. The lowest BCUT2D eigenvalue weighted by atomic mass is 10.0. The summed E-state index contributed by atoms with van der Waals surface area (Å²) in [5.41, 5.74) is -1.74. The molecular weight excluding hydrogens is 583 g/mol. The number of nitrogens with one attached hydrogen (secondary N) is 1. The zero-order valence-electron chi connectivity index (χ0n) is 19.4. The van der Waals surface area contributed by atoms with Crippen LogP contribution < -0.4 is 11.2 Å². The van der Waals surface area contributed by atoms with Gasteiger partial charge in [-0.15, -0.1) is 5.10 Å². The number of phosphoric ester groups is 1. The van der Waals surface area contributed by atoms with Crippen LogP contribution in [0.5, 0.6) is 0 Å². The van der Waals surface area contributed by atoms with Crippen molar-refractivity contribution < 1.29 is 61.4 Å². The van der Waals surface area contributed by atoms with Gasteiger partial charge in [0.05, 0.1) is 24.9 Å². The Bertz CT molecular complexity index is 1410. The monoisotopic (exact) mass is 607 g/mol. The van der Waals surface area contributed by atoms with Gasteiger partial charge in [-0.1, -0.05) is 5.21 Å². The molecule has 3 heterocycles. The number of H-pyrrole nitrogens is 1. The van der Waals surface area contributed by atoms with Crippen LogP contribution in [-0.4, -0.2) is 79.3 Å². The maximum Gasteiger partial charge on any atom is 0.490 e. The Kier molecular flexibility index (Phi) is 9.12. The fourth-order valence-corrected chi connectivity index (χ4v) is 6.30. The van der Waals surface area contributed by atoms with Gasteiger partial charge >= 0.3 is 29.2 Å². The SMILES string of the molecule is CC(C)n1cc(Cn2cc([C@@H]3O[C@H](COP(=O)(O)OP(=O)(O)OP(=O)(O)O)C(O)[C@@H]3O)c(=O)[nH]c2=O)nn1. The van der Waals surface area contributed by atoms with E-state index in [2.05, 4.69) is 23.5 Å². The molecular formula is C15H24N5O15P3. The highest BCUT2D eigenvalue weighted by molar-refractivity contribution is 7.66. The summed E-state index contributed by atoms with van der Waals surface area (Å²) < 4.78 is 53.5. The van der Waals surface area contributed by atoms with Gasteiger partial charge in [-0.2, -0.15) is 8.62 Å². The lowest BCUT2D eigenvalue weighted by Crippen LogP contribution is -2.36. The summed E-state index contributed by atoms with van der Waals surface area (Å²) in [5, 5.41) is 28.5. The average Bonchev–Trinajstić information content (AvgIpc) is 3.32. The van der Waals surface area contributed by atoms with Crippen molar-refractivity contribution in [1.29, 1.82) is 0 Å². The molecule has 1 aliphatic rings. The predicted molar refractivity (Wildman–Crippen MR) is 120 cm³/mol. The smallest absolute Gasteiger partial charge is 0.387 e. The van der Waals surface area contributed by atoms with Crippen LogP contribution in [0.3, 0.4) is 0 Å². The molecule has 2 aromatic heterocycles. The first-order valence-corrected chi connectivity index (χ1v) is 14.9. The number of hydrogen-bond acceptors (Lipinski definition) is 13. The molecule has 1 fully saturated rings. The van der Waals surface area contributed by atoms with Crippen molar-refractivity contribution in [3.8, 4) is 0 Å². The Morgan fingerprint density at radius 2 is 1.71 bits per heavy atom. The van der Waals surface area contributed by atoms with Crippen LogP contribution in [0, 0.1) is 0 Å². The second-order valence-electron chi connectivity index (χ2n) is 8.22. The zero-order valence-corrected chi connectivity index (χ0v) is 22.1. The standard InChI is InChI=1S/C15H24N5O15P3/c1-7(2)20-4-8(17-18-20)3-19-5-9(14(23)16-15(19)24)13-12(22)11(21)10(33-13)6-32-37(28,29)35-38(30,31)34-36(25,26)27/h4-5,7,10-13,21-22H,3,6H2,1-2H3,(H,28,29)(H,30,31)(H,16,23,24)(H2,25,26,27)/t10-,11?,12+,13+/m1/s1. The number of rotatable bonds is 11. The summed E-state index contributed by atoms with van der Waals surface area (Å²) in [6.45, 7) is 2.51. The maximum absolute atomic E-state index is 12.4. The van der Waals surface area contributed by atoms with E-state index in [4.69, 9.17) is 14.5 Å². The van der Waals surface area contributed by atoms with Crippen LogP contribution in [0.25, 0.3) is 0 Å². The van der Waals surface area contributed by atoms with Gasteiger partial charge in [0, 0.05) is 12.2 Å². The molecule has 0 aliphatic carbocycles. The highest BCUT2D eigenvalue weighted by atomic mass is 31.3. The number of aromatic nitrogens is 5. The van der Waals surface area contributed by atoms with Crippen molar-refractivity contribution in [2.45, 2.75) is 50.8 Å². The van der Waals surface area contributed by atoms with Gasteiger partial charge < -0.3 is 34.5 Å². The number of aliphatic hydroxyl groups excluding tert-OH is 2. The lowest BCUT2D eigenvalue weighted by Gasteiger charge is -2.19. The van der Waals surface area contributed by atoms with Crippen molar-refractivity contribution >= 4 is 23.5 Å². The molecule has 7 N–H and O–H groups in total. The van der Waals surface area contributed by atoms with Crippen LogP contribution in [0.15, 0.2) is 22.0 Å². The van der Waals surface area contributed by atoms with E-state index in [0.717, 1.165) is 10.8 Å². The van der Waals surface area contributed by atoms with Crippen molar-refractivity contribution in [2.75, 3.05) is 6.61 Å². The number of aliphatic hydroxyl groups is 2. The molecule has 20 nitrogen and oxygen atoms in total. The highest BCUT2D eigenvalue weighted by Crippen LogP contribution is 2.66. The predicted octanol–water partition coefficient (Wildman–Crippen LogP) is -1.74. The molecule has 0 saturated carbocycles. The summed E-state index contributed by atoms with van der Waals surface area (Å²) in [6, 6.07) is -0.00988. The molecule has 23 heteroatoms. The van der Waals surface area contributed by atoms with E-state index in [9.17, 15) is 43.3 Å². The van der Waals surface area contributed by atoms with Crippen LogP contribution in [-0.2, 0) is 38.1 Å². The van der Waals surface area contributed by atoms with Gasteiger partial charge in [0.1, 0.15) is 30.1 Å². The number of aromatic amines is 1. The molecule has 38 heavy (non-hydrogen) atoms. The van der Waals surface area contributed by atoms with E-state index in [1.807, 2.05) is 18.8 Å². The van der Waals surface area contributed by atoms with Crippen molar-refractivity contribution in [3.05, 3.63) is 44.5 Å². The molecule has 1 saturated heterocycles. The molecule has 3 unspecified atom stereocenters. The number of phosphoric acid groups is 3. The van der Waals surface area contributed by atoms with E-state index in [1.165, 1.54) is 4.68 Å². The Hall–Kier alpha value is -1.89. The Morgan fingerprint density at radius 3 is 2.29 bits per heavy atom. The topological polar surface area (TPSA) is 295 Å². The van der Waals surface area contributed by atoms with Crippen molar-refractivity contribution in [3.63, 3.8) is 0 Å². The van der Waals surface area contributed by atoms with Crippen LogP contribution in [0.2, 0.25) is 0 Å². The molecule has 0 amide bonds. The highest BCUT2D eigenvalue weighted by Gasteiger charge is 2.47. The van der Waals surface area contributed by atoms with Crippen molar-refractivity contribution in [2.24, 2.45) is 0 Å². The molecule has 0 spiro atoms. The summed E-state index contributed by atoms with van der Waals surface area (Å²) in [6.07, 6.45) is -4.20. The average molecular weight is 607 g/mol. The first-order chi connectivity index (χ1) is 17.4. The van der Waals surface area contributed by atoms with E-state index < -0.39 is 65.7 Å². The van der Waals surface area contributed by atoms with Crippen molar-refractivity contribution in [1.82, 2.24) is 24.5 Å². The molecule has 6 atom stereocenters. The largest absolute Gasteiger partial charge is 0.490 e. The van der Waals surface area contributed by atoms with E-state index >= 15 is 0 Å². The number of nitrogens with zero attached hydrogens (tertiary/aromatic N) is 4. The first kappa shape index (κ1) is 30.6. The summed E-state index contributed by atoms with van der Waals surface area (Å²) in [7, 11) is -16.9. The lowest BCUT2D eigenvalue weighted by molar-refractivity contribution is -0.0228. The van der Waals surface area contributed by atoms with E-state index in [-0.39, 0.29) is 18.2 Å². The fourth-order valence-electron chi connectivity index (χ4n) is 3.27. The molecule has 2 aromatic rings. The molecule has 0 aromatic carbocycles. The van der Waals surface area contributed by atoms with Crippen LogP contribution in [0.1, 0.15) is 37.3 Å². The minimum absolute atomic E-state index is 0.00988. The Morgan fingerprint density at radius 1 is 1.05 bits per heavy atom. The third-order valence-corrected chi connectivity index (χ3v) is 8.75. The minimum Gasteiger partial charge on any atom is -0.387 e. The Balaban J connectivity index is 1.74. The van der Waals surface area contributed by atoms with Gasteiger partial charge in [-0.25, -0.2) is 23.2 Å². The van der Waals surface area contributed by atoms with Gasteiger partial charge in [0.25, 0.3) is 5.56 Å². The quantitative estimate of drug-likeness (QED) is 0.139. The fraction of sp³-hybridized carbons (Fsp3) is 0.600. The van der Waals surface area contributed by atoms with Gasteiger partial charge in [0.15, 0.2) is 0 Å². The minimum atomic E-state index is -5.78. The molecule has 0 bridgehead atoms. The summed E-state index contributed by atoms with van der Waals surface area (Å²) in [5.74, 6) is 0. The van der Waals surface area contributed by atoms with E-state index in [1.54, 1.807) is 6.20 Å². The number of hydrogen-bond donors (Lipinski definition) is 7. The summed E-state index contributed by atoms with van der Waals surface area (Å²) in [4.78, 5) is 62.6. The van der Waals surface area contributed by atoms with Gasteiger partial charge in [-0.3, -0.25) is 18.9 Å². The normalized spacial score (nSPS) is 25.4. The second-order valence-corrected chi connectivity index (χ2v) is 12.6. The van der Waals surface area contributed by atoms with Crippen LogP contribution in [0.4, 0.5) is 0 Å². The molecule has 0 radical (unpaired) electrons. The Labute approximate surface area is 211 Å². The maximum atomic E-state index is 12.4. The second kappa shape index (κ2) is 11.3. The first-order valence-electron chi connectivity index (χ1n) is 10.4. The molecule has 3 rings (SSSR count). The number of ether oxygens (including phenoxy) is 1. The van der Waals surface area contributed by atoms with Gasteiger partial charge in [0.2, 0.25) is 0 Å². The zero-order chi connectivity index (χ0) is 28.6. The van der Waals surface area contributed by atoms with Crippen LogP contribution >= 0.6 is 23.5 Å². The van der Waals surface area contributed by atoms with E-state index in [0.29, 0.717) is 5.69 Å². The van der Waals surface area contributed by atoms with Gasteiger partial charge in [-0.05, 0) is 13.8 Å². The molecule has 1 aliphatic heterocycles. The summed E-state index contributed by atoms with van der Waals surface area (Å²) >= 11 is 0.